The Bertz CT molecular complexity index is 991. The lowest BCUT2D eigenvalue weighted by Gasteiger charge is -2.03. The SMILES string of the molecule is CCOc1cccc(-c2cc(C(=O)NN=CC(C)=Cc3ccccc3)[nH]n2)c1. The molecule has 1 aromatic heterocycles. The van der Waals surface area contributed by atoms with Crippen molar-refractivity contribution >= 4 is 18.2 Å². The molecule has 0 atom stereocenters. The van der Waals surface area contributed by atoms with Crippen LogP contribution in [0.25, 0.3) is 17.3 Å². The van der Waals surface area contributed by atoms with E-state index < -0.39 is 0 Å². The molecule has 0 radical (unpaired) electrons. The molecule has 0 aliphatic carbocycles. The third kappa shape index (κ3) is 5.17. The summed E-state index contributed by atoms with van der Waals surface area (Å²) in [5.41, 5.74) is 6.36. The van der Waals surface area contributed by atoms with Crippen LogP contribution >= 0.6 is 0 Å². The molecule has 0 fully saturated rings. The van der Waals surface area contributed by atoms with Crippen molar-refractivity contribution in [1.82, 2.24) is 15.6 Å². The van der Waals surface area contributed by atoms with Crippen LogP contribution in [0.4, 0.5) is 0 Å². The van der Waals surface area contributed by atoms with Gasteiger partial charge in [0.25, 0.3) is 5.91 Å². The Balaban J connectivity index is 1.63. The van der Waals surface area contributed by atoms with Crippen molar-refractivity contribution in [3.8, 4) is 17.0 Å². The van der Waals surface area contributed by atoms with E-state index in [1.165, 1.54) is 0 Å². The quantitative estimate of drug-likeness (QED) is 0.478. The van der Waals surface area contributed by atoms with Crippen LogP contribution in [0.1, 0.15) is 29.9 Å². The van der Waals surface area contributed by atoms with Crippen LogP contribution in [-0.4, -0.2) is 28.9 Å². The van der Waals surface area contributed by atoms with Crippen molar-refractivity contribution in [1.29, 1.82) is 0 Å². The molecule has 0 bridgehead atoms. The van der Waals surface area contributed by atoms with Crippen LogP contribution in [0.5, 0.6) is 5.75 Å². The zero-order valence-electron chi connectivity index (χ0n) is 15.8. The van der Waals surface area contributed by atoms with Gasteiger partial charge in [0, 0.05) is 5.56 Å². The molecule has 6 nitrogen and oxygen atoms in total. The lowest BCUT2D eigenvalue weighted by atomic mass is 10.1. The van der Waals surface area contributed by atoms with Gasteiger partial charge in [-0.15, -0.1) is 0 Å². The molecule has 2 aromatic carbocycles. The normalized spacial score (nSPS) is 11.6. The van der Waals surface area contributed by atoms with E-state index in [-0.39, 0.29) is 5.91 Å². The molecule has 3 aromatic rings. The smallest absolute Gasteiger partial charge is 0.289 e. The van der Waals surface area contributed by atoms with E-state index in [4.69, 9.17) is 4.74 Å². The summed E-state index contributed by atoms with van der Waals surface area (Å²) in [5, 5.41) is 10.9. The number of aromatic amines is 1. The van der Waals surface area contributed by atoms with E-state index in [2.05, 4.69) is 20.7 Å². The van der Waals surface area contributed by atoms with Gasteiger partial charge in [0.2, 0.25) is 0 Å². The maximum Gasteiger partial charge on any atom is 0.289 e. The number of benzene rings is 2. The van der Waals surface area contributed by atoms with Gasteiger partial charge in [-0.05, 0) is 43.2 Å². The van der Waals surface area contributed by atoms with Gasteiger partial charge in [0.1, 0.15) is 11.4 Å². The number of hydrogen-bond acceptors (Lipinski definition) is 4. The Labute approximate surface area is 163 Å². The number of aromatic nitrogens is 2. The summed E-state index contributed by atoms with van der Waals surface area (Å²) < 4.78 is 5.50. The fourth-order valence-corrected chi connectivity index (χ4v) is 2.60. The lowest BCUT2D eigenvalue weighted by Crippen LogP contribution is -2.17. The van der Waals surface area contributed by atoms with E-state index in [1.807, 2.05) is 74.5 Å². The van der Waals surface area contributed by atoms with Gasteiger partial charge in [-0.1, -0.05) is 48.5 Å². The highest BCUT2D eigenvalue weighted by Crippen LogP contribution is 2.22. The predicted molar refractivity (Wildman–Crippen MR) is 111 cm³/mol. The largest absolute Gasteiger partial charge is 0.494 e. The van der Waals surface area contributed by atoms with Gasteiger partial charge >= 0.3 is 0 Å². The average Bonchev–Trinajstić information content (AvgIpc) is 3.20. The van der Waals surface area contributed by atoms with Crippen molar-refractivity contribution in [3.63, 3.8) is 0 Å². The average molecular weight is 374 g/mol. The van der Waals surface area contributed by atoms with Crippen molar-refractivity contribution in [2.45, 2.75) is 13.8 Å². The lowest BCUT2D eigenvalue weighted by molar-refractivity contribution is 0.0950. The molecule has 0 unspecified atom stereocenters. The van der Waals surface area contributed by atoms with Crippen LogP contribution in [0, 0.1) is 0 Å². The topological polar surface area (TPSA) is 79.4 Å². The first-order chi connectivity index (χ1) is 13.7. The number of H-pyrrole nitrogens is 1. The van der Waals surface area contributed by atoms with Crippen molar-refractivity contribution in [2.75, 3.05) is 6.61 Å². The number of hydrogen-bond donors (Lipinski definition) is 2. The van der Waals surface area contributed by atoms with Gasteiger partial charge in [0.05, 0.1) is 18.5 Å². The summed E-state index contributed by atoms with van der Waals surface area (Å²) in [5.74, 6) is 0.405. The summed E-state index contributed by atoms with van der Waals surface area (Å²) in [7, 11) is 0. The van der Waals surface area contributed by atoms with E-state index in [0.29, 0.717) is 18.0 Å². The molecule has 2 N–H and O–H groups in total. The number of amides is 1. The van der Waals surface area contributed by atoms with Gasteiger partial charge in [-0.2, -0.15) is 10.2 Å². The highest BCUT2D eigenvalue weighted by Gasteiger charge is 2.11. The molecule has 1 heterocycles. The first-order valence-electron chi connectivity index (χ1n) is 9.01. The molecule has 0 spiro atoms. The zero-order chi connectivity index (χ0) is 19.8. The minimum Gasteiger partial charge on any atom is -0.494 e. The number of carbonyl (C=O) groups is 1. The molecule has 0 saturated carbocycles. The number of carbonyl (C=O) groups excluding carboxylic acids is 1. The minimum absolute atomic E-state index is 0.332. The van der Waals surface area contributed by atoms with Gasteiger partial charge in [-0.3, -0.25) is 9.89 Å². The van der Waals surface area contributed by atoms with Crippen molar-refractivity contribution in [3.05, 3.63) is 77.5 Å². The predicted octanol–water partition coefficient (Wildman–Crippen LogP) is 4.29. The molecular weight excluding hydrogens is 352 g/mol. The van der Waals surface area contributed by atoms with Crippen LogP contribution in [0.2, 0.25) is 0 Å². The summed E-state index contributed by atoms with van der Waals surface area (Å²) in [6.07, 6.45) is 3.59. The second-order valence-corrected chi connectivity index (χ2v) is 6.13. The Hall–Kier alpha value is -3.67. The van der Waals surface area contributed by atoms with E-state index in [9.17, 15) is 4.79 Å². The zero-order valence-corrected chi connectivity index (χ0v) is 15.8. The van der Waals surface area contributed by atoms with Gasteiger partial charge in [-0.25, -0.2) is 5.43 Å². The van der Waals surface area contributed by atoms with E-state index in [1.54, 1.807) is 12.3 Å². The number of rotatable bonds is 7. The summed E-state index contributed by atoms with van der Waals surface area (Å²) in [4.78, 5) is 12.3. The third-order valence-electron chi connectivity index (χ3n) is 3.89. The molecular formula is C22H22N4O2. The summed E-state index contributed by atoms with van der Waals surface area (Å²) in [6.45, 7) is 4.44. The Morgan fingerprint density at radius 3 is 2.79 bits per heavy atom. The molecule has 6 heteroatoms. The Kier molecular flexibility index (Phi) is 6.36. The fourth-order valence-electron chi connectivity index (χ4n) is 2.60. The number of allylic oxidation sites excluding steroid dienone is 1. The summed E-state index contributed by atoms with van der Waals surface area (Å²) in [6, 6.07) is 19.2. The maximum absolute atomic E-state index is 12.3. The number of ether oxygens (including phenoxy) is 1. The van der Waals surface area contributed by atoms with Gasteiger partial charge < -0.3 is 4.74 Å². The molecule has 28 heavy (non-hydrogen) atoms. The van der Waals surface area contributed by atoms with Crippen LogP contribution in [0.3, 0.4) is 0 Å². The van der Waals surface area contributed by atoms with E-state index >= 15 is 0 Å². The Morgan fingerprint density at radius 2 is 2.00 bits per heavy atom. The number of hydrazone groups is 1. The monoisotopic (exact) mass is 374 g/mol. The standard InChI is InChI=1S/C22H22N4O2/c1-3-28-19-11-7-10-18(13-19)20-14-21(25-24-20)22(27)26-23-15-16(2)12-17-8-5-4-6-9-17/h4-15H,3H2,1-2H3,(H,24,25)(H,26,27). The van der Waals surface area contributed by atoms with Crippen molar-refractivity contribution < 1.29 is 9.53 Å². The molecule has 3 rings (SSSR count). The maximum atomic E-state index is 12.3. The highest BCUT2D eigenvalue weighted by atomic mass is 16.5. The summed E-state index contributed by atoms with van der Waals surface area (Å²) >= 11 is 0. The molecule has 0 aliphatic heterocycles. The highest BCUT2D eigenvalue weighted by molar-refractivity contribution is 5.94. The van der Waals surface area contributed by atoms with Gasteiger partial charge in [0.15, 0.2) is 0 Å². The molecule has 142 valence electrons. The number of nitrogens with zero attached hydrogens (tertiary/aromatic N) is 2. The third-order valence-corrected chi connectivity index (χ3v) is 3.89. The minimum atomic E-state index is -0.358. The van der Waals surface area contributed by atoms with Crippen LogP contribution < -0.4 is 10.2 Å². The number of nitrogens with one attached hydrogen (secondary N) is 2. The fraction of sp³-hybridized carbons (Fsp3) is 0.136. The molecule has 0 saturated heterocycles. The second kappa shape index (κ2) is 9.32. The second-order valence-electron chi connectivity index (χ2n) is 6.13. The molecule has 0 aliphatic rings. The first kappa shape index (κ1) is 19.1. The molecule has 1 amide bonds. The Morgan fingerprint density at radius 1 is 1.18 bits per heavy atom. The first-order valence-corrected chi connectivity index (χ1v) is 9.01. The van der Waals surface area contributed by atoms with Crippen molar-refractivity contribution in [2.24, 2.45) is 5.10 Å². The van der Waals surface area contributed by atoms with Crippen LogP contribution in [-0.2, 0) is 0 Å². The van der Waals surface area contributed by atoms with Crippen LogP contribution in [0.15, 0.2) is 71.3 Å². The van der Waals surface area contributed by atoms with E-state index in [0.717, 1.165) is 22.4 Å².